The molecule has 16 nitrogen and oxygen atoms in total. The number of anilines is 3. The van der Waals surface area contributed by atoms with Gasteiger partial charge in [0.05, 0.1) is 30.6 Å². The third-order valence-electron chi connectivity index (χ3n) is 13.3. The third kappa shape index (κ3) is 8.55. The number of nitrogens with one attached hydrogen (secondary N) is 2. The molecule has 5 aromatic rings. The van der Waals surface area contributed by atoms with E-state index >= 15 is 4.39 Å². The molecule has 2 aromatic heterocycles. The van der Waals surface area contributed by atoms with Crippen LogP contribution in [-0.4, -0.2) is 110 Å². The maximum atomic E-state index is 16.0. The molecule has 5 aliphatic heterocycles. The number of hydrogen-bond acceptors (Lipinski definition) is 12. The molecule has 3 N–H and O–H groups in total. The van der Waals surface area contributed by atoms with Crippen molar-refractivity contribution in [1.82, 2.24) is 29.7 Å². The van der Waals surface area contributed by atoms with E-state index < -0.39 is 41.3 Å². The standard InChI is InChI=1S/C47H48FN9O7S/c48-36-25-30(24-34-35(36)27-57(45(34)62)42(44(61)52-46-49-15-23-65-46)41-37-2-1-16-56(37)28-50-41)29-3-5-31(6-4-29)54-19-21-55(22-20-54)40(59)26-47(63)13-17-53(18-14-47)32-7-9-33(10-8-32)64-38-11-12-39(58)51-43(38)60/h3-10,15,23-25,28,38,42,63H,1-2,11-14,16-22,26-27H2,(H,49,52,61)(H,51,58,60). The number of nitrogens with zero attached hydrogens (tertiary/aromatic N) is 7. The van der Waals surface area contributed by atoms with Crippen molar-refractivity contribution >= 4 is 57.4 Å². The second-order valence-electron chi connectivity index (χ2n) is 17.4. The number of benzene rings is 3. The van der Waals surface area contributed by atoms with E-state index in [1.807, 2.05) is 45.9 Å². The van der Waals surface area contributed by atoms with Crippen LogP contribution in [0.5, 0.6) is 5.75 Å². The Labute approximate surface area is 378 Å². The van der Waals surface area contributed by atoms with Gasteiger partial charge in [-0.05, 0) is 85.3 Å². The number of aromatic nitrogens is 3. The monoisotopic (exact) mass is 901 g/mol. The zero-order chi connectivity index (χ0) is 44.8. The first-order valence-corrected chi connectivity index (χ1v) is 23.0. The van der Waals surface area contributed by atoms with Crippen molar-refractivity contribution in [2.45, 2.75) is 75.8 Å². The Bertz CT molecular complexity index is 2640. The number of fused-ring (bicyclic) bond motifs is 2. The Morgan fingerprint density at radius 3 is 2.34 bits per heavy atom. The number of aryl methyl sites for hydroxylation is 1. The minimum Gasteiger partial charge on any atom is -0.481 e. The highest BCUT2D eigenvalue weighted by atomic mass is 32.1. The molecule has 65 heavy (non-hydrogen) atoms. The molecule has 3 saturated heterocycles. The van der Waals surface area contributed by atoms with Gasteiger partial charge in [0.1, 0.15) is 11.6 Å². The van der Waals surface area contributed by atoms with Gasteiger partial charge in [-0.15, -0.1) is 11.3 Å². The maximum Gasteiger partial charge on any atom is 0.267 e. The van der Waals surface area contributed by atoms with Crippen LogP contribution >= 0.6 is 11.3 Å². The molecular weight excluding hydrogens is 854 g/mol. The van der Waals surface area contributed by atoms with Crippen molar-refractivity contribution < 1.29 is 38.2 Å². The Balaban J connectivity index is 0.731. The zero-order valence-electron chi connectivity index (χ0n) is 35.6. The average molecular weight is 902 g/mol. The average Bonchev–Trinajstić information content (AvgIpc) is 4.14. The number of imide groups is 1. The number of aliphatic hydroxyl groups is 1. The Morgan fingerprint density at radius 1 is 0.908 bits per heavy atom. The fourth-order valence-corrected chi connectivity index (χ4v) is 10.2. The number of piperazine rings is 1. The molecule has 336 valence electrons. The summed E-state index contributed by atoms with van der Waals surface area (Å²) in [6, 6.07) is 17.2. The highest BCUT2D eigenvalue weighted by Crippen LogP contribution is 2.39. The lowest BCUT2D eigenvalue weighted by molar-refractivity contribution is -0.139. The van der Waals surface area contributed by atoms with Crippen LogP contribution in [0.4, 0.5) is 20.9 Å². The minimum atomic E-state index is -1.10. The highest BCUT2D eigenvalue weighted by Gasteiger charge is 2.42. The van der Waals surface area contributed by atoms with E-state index in [4.69, 9.17) is 4.74 Å². The van der Waals surface area contributed by atoms with Gasteiger partial charge in [-0.25, -0.2) is 14.4 Å². The summed E-state index contributed by atoms with van der Waals surface area (Å²) in [6.45, 7) is 4.10. The van der Waals surface area contributed by atoms with Gasteiger partial charge in [0.2, 0.25) is 11.8 Å². The van der Waals surface area contributed by atoms with Crippen LogP contribution in [0.25, 0.3) is 11.1 Å². The number of hydrogen-bond donors (Lipinski definition) is 3. The third-order valence-corrected chi connectivity index (χ3v) is 14.0. The van der Waals surface area contributed by atoms with E-state index in [-0.39, 0.29) is 42.3 Å². The molecule has 5 aliphatic rings. The molecule has 10 rings (SSSR count). The molecule has 0 spiro atoms. The molecule has 0 aliphatic carbocycles. The Morgan fingerprint density at radius 2 is 1.63 bits per heavy atom. The Hall–Kier alpha value is -6.66. The van der Waals surface area contributed by atoms with E-state index in [2.05, 4.69) is 30.4 Å². The van der Waals surface area contributed by atoms with Gasteiger partial charge >= 0.3 is 0 Å². The summed E-state index contributed by atoms with van der Waals surface area (Å²) >= 11 is 1.27. The van der Waals surface area contributed by atoms with Crippen molar-refractivity contribution in [3.8, 4) is 16.9 Å². The molecule has 0 radical (unpaired) electrons. The first kappa shape index (κ1) is 42.3. The second-order valence-corrected chi connectivity index (χ2v) is 18.3. The molecule has 0 bridgehead atoms. The molecule has 2 unspecified atom stereocenters. The lowest BCUT2D eigenvalue weighted by Gasteiger charge is -2.41. The summed E-state index contributed by atoms with van der Waals surface area (Å²) in [4.78, 5) is 81.3. The Kier molecular flexibility index (Phi) is 11.3. The molecule has 18 heteroatoms. The van der Waals surface area contributed by atoms with Crippen molar-refractivity contribution in [2.75, 3.05) is 54.4 Å². The summed E-state index contributed by atoms with van der Waals surface area (Å²) in [5.41, 5.74) is 3.93. The van der Waals surface area contributed by atoms with Crippen molar-refractivity contribution in [3.63, 3.8) is 0 Å². The number of thiazole rings is 1. The smallest absolute Gasteiger partial charge is 0.267 e. The zero-order valence-corrected chi connectivity index (χ0v) is 36.4. The molecular formula is C47H48FN9O7S. The van der Waals surface area contributed by atoms with Crippen LogP contribution in [0.1, 0.15) is 71.9 Å². The van der Waals surface area contributed by atoms with Crippen LogP contribution in [0.15, 0.2) is 78.6 Å². The van der Waals surface area contributed by atoms with Gasteiger partial charge in [0.15, 0.2) is 17.3 Å². The van der Waals surface area contributed by atoms with E-state index in [1.54, 1.807) is 36.1 Å². The fourth-order valence-electron chi connectivity index (χ4n) is 9.68. The number of imidazole rings is 1. The van der Waals surface area contributed by atoms with E-state index in [0.717, 1.165) is 42.0 Å². The summed E-state index contributed by atoms with van der Waals surface area (Å²) in [7, 11) is 0. The van der Waals surface area contributed by atoms with Gasteiger partial charge in [0.25, 0.3) is 17.7 Å². The minimum absolute atomic E-state index is 0.0534. The fraction of sp³-hybridized carbons (Fsp3) is 0.383. The van der Waals surface area contributed by atoms with Crippen LogP contribution in [0.2, 0.25) is 0 Å². The molecule has 0 saturated carbocycles. The number of halogens is 1. The van der Waals surface area contributed by atoms with Crippen LogP contribution < -0.4 is 25.2 Å². The molecule has 3 fully saturated rings. The molecule has 3 aromatic carbocycles. The topological polar surface area (TPSA) is 183 Å². The quantitative estimate of drug-likeness (QED) is 0.157. The summed E-state index contributed by atoms with van der Waals surface area (Å²) in [5, 5.41) is 18.8. The molecule has 5 amide bonds. The first-order valence-electron chi connectivity index (χ1n) is 22.1. The normalized spacial score (nSPS) is 19.8. The molecule has 7 heterocycles. The largest absolute Gasteiger partial charge is 0.481 e. The maximum absolute atomic E-state index is 16.0. The summed E-state index contributed by atoms with van der Waals surface area (Å²) < 4.78 is 23.8. The molecule has 2 atom stereocenters. The van der Waals surface area contributed by atoms with Gasteiger partial charge in [-0.1, -0.05) is 12.1 Å². The van der Waals surface area contributed by atoms with Gasteiger partial charge in [-0.2, -0.15) is 0 Å². The number of carbonyl (C=O) groups excluding carboxylic acids is 5. The van der Waals surface area contributed by atoms with E-state index in [1.165, 1.54) is 22.3 Å². The lowest BCUT2D eigenvalue weighted by atomic mass is 9.87. The van der Waals surface area contributed by atoms with Crippen LogP contribution in [0, 0.1) is 5.82 Å². The number of piperidine rings is 2. The number of carbonyl (C=O) groups is 5. The van der Waals surface area contributed by atoms with Gasteiger partial charge in [-0.3, -0.25) is 34.6 Å². The van der Waals surface area contributed by atoms with E-state index in [0.29, 0.717) is 80.7 Å². The van der Waals surface area contributed by atoms with Crippen LogP contribution in [-0.2, 0) is 38.7 Å². The number of amides is 5. The number of ether oxygens (including phenoxy) is 1. The van der Waals surface area contributed by atoms with E-state index in [9.17, 15) is 29.1 Å². The predicted octanol–water partition coefficient (Wildman–Crippen LogP) is 4.68. The first-order chi connectivity index (χ1) is 31.5. The van der Waals surface area contributed by atoms with Crippen molar-refractivity contribution in [2.24, 2.45) is 0 Å². The van der Waals surface area contributed by atoms with Crippen molar-refractivity contribution in [1.29, 1.82) is 0 Å². The summed E-state index contributed by atoms with van der Waals surface area (Å²) in [6.07, 6.45) is 5.74. The SMILES string of the molecule is O=C1CCC(Oc2ccc(N3CCC(O)(CC(=O)N4CCN(c5ccc(-c6cc(F)c7c(c6)C(=O)N(C(C(=O)Nc6nccs6)c6ncn8c6CCC8)C7)cc5)CC4)CC3)cc2)C(=O)N1. The predicted molar refractivity (Wildman–Crippen MR) is 239 cm³/mol. The number of rotatable bonds is 11. The van der Waals surface area contributed by atoms with Crippen LogP contribution in [0.3, 0.4) is 0 Å². The summed E-state index contributed by atoms with van der Waals surface area (Å²) in [5.74, 6) is -1.67. The highest BCUT2D eigenvalue weighted by molar-refractivity contribution is 7.13. The van der Waals surface area contributed by atoms with Gasteiger partial charge < -0.3 is 34.0 Å². The van der Waals surface area contributed by atoms with Gasteiger partial charge in [0, 0.05) is 98.4 Å². The lowest BCUT2D eigenvalue weighted by Crippen LogP contribution is -2.52. The van der Waals surface area contributed by atoms with Crippen molar-refractivity contribution in [3.05, 3.63) is 107 Å². The second kappa shape index (κ2) is 17.4.